The SMILES string of the molecule is Cc1ccc(NC(=O)CCC2CCNC2)cc1. The number of carbonyl (C=O) groups is 1. The predicted octanol–water partition coefficient (Wildman–Crippen LogP) is 2.32. The molecule has 0 saturated carbocycles. The van der Waals surface area contributed by atoms with E-state index in [1.54, 1.807) is 0 Å². The number of carbonyl (C=O) groups excluding carboxylic acids is 1. The Kier molecular flexibility index (Phi) is 4.15. The van der Waals surface area contributed by atoms with Gasteiger partial charge in [-0.1, -0.05) is 17.7 Å². The van der Waals surface area contributed by atoms with E-state index in [4.69, 9.17) is 0 Å². The van der Waals surface area contributed by atoms with Crippen molar-refractivity contribution in [3.63, 3.8) is 0 Å². The molecule has 17 heavy (non-hydrogen) atoms. The number of amides is 1. The highest BCUT2D eigenvalue weighted by Crippen LogP contribution is 2.15. The van der Waals surface area contributed by atoms with Crippen LogP contribution in [0.5, 0.6) is 0 Å². The van der Waals surface area contributed by atoms with E-state index >= 15 is 0 Å². The normalized spacial score (nSPS) is 19.2. The summed E-state index contributed by atoms with van der Waals surface area (Å²) in [6.45, 7) is 4.21. The van der Waals surface area contributed by atoms with Crippen LogP contribution in [0.25, 0.3) is 0 Å². The number of anilines is 1. The Balaban J connectivity index is 1.74. The lowest BCUT2D eigenvalue weighted by molar-refractivity contribution is -0.116. The van der Waals surface area contributed by atoms with E-state index in [2.05, 4.69) is 10.6 Å². The molecule has 0 aliphatic carbocycles. The van der Waals surface area contributed by atoms with Crippen molar-refractivity contribution in [3.8, 4) is 0 Å². The third-order valence-corrected chi connectivity index (χ3v) is 3.28. The molecule has 3 nitrogen and oxygen atoms in total. The average Bonchev–Trinajstić information content (AvgIpc) is 2.83. The molecule has 1 aliphatic heterocycles. The standard InChI is InChI=1S/C14H20N2O/c1-11-2-5-13(6-3-11)16-14(17)7-4-12-8-9-15-10-12/h2-3,5-6,12,15H,4,7-10H2,1H3,(H,16,17). The zero-order chi connectivity index (χ0) is 12.1. The lowest BCUT2D eigenvalue weighted by Gasteiger charge is -2.08. The fraction of sp³-hybridized carbons (Fsp3) is 0.500. The van der Waals surface area contributed by atoms with Gasteiger partial charge in [0.1, 0.15) is 0 Å². The van der Waals surface area contributed by atoms with Gasteiger partial charge in [-0.3, -0.25) is 4.79 Å². The molecule has 0 bridgehead atoms. The highest BCUT2D eigenvalue weighted by atomic mass is 16.1. The Morgan fingerprint density at radius 2 is 2.18 bits per heavy atom. The molecule has 1 aromatic rings. The summed E-state index contributed by atoms with van der Waals surface area (Å²) in [7, 11) is 0. The molecular weight excluding hydrogens is 212 g/mol. The summed E-state index contributed by atoms with van der Waals surface area (Å²) in [4.78, 5) is 11.7. The number of hydrogen-bond acceptors (Lipinski definition) is 2. The molecule has 92 valence electrons. The smallest absolute Gasteiger partial charge is 0.224 e. The Bertz CT molecular complexity index is 366. The van der Waals surface area contributed by atoms with E-state index in [-0.39, 0.29) is 5.91 Å². The van der Waals surface area contributed by atoms with Gasteiger partial charge in [-0.25, -0.2) is 0 Å². The summed E-state index contributed by atoms with van der Waals surface area (Å²) < 4.78 is 0. The first-order chi connectivity index (χ1) is 8.24. The van der Waals surface area contributed by atoms with Gasteiger partial charge in [0.2, 0.25) is 5.91 Å². The summed E-state index contributed by atoms with van der Waals surface area (Å²) in [6, 6.07) is 7.92. The van der Waals surface area contributed by atoms with Crippen LogP contribution in [0, 0.1) is 12.8 Å². The van der Waals surface area contributed by atoms with Crippen molar-refractivity contribution in [2.24, 2.45) is 5.92 Å². The third kappa shape index (κ3) is 3.86. The first-order valence-electron chi connectivity index (χ1n) is 6.31. The fourth-order valence-corrected chi connectivity index (χ4v) is 2.16. The zero-order valence-electron chi connectivity index (χ0n) is 10.3. The van der Waals surface area contributed by atoms with Crippen LogP contribution < -0.4 is 10.6 Å². The van der Waals surface area contributed by atoms with E-state index in [9.17, 15) is 4.79 Å². The molecule has 1 heterocycles. The number of hydrogen-bond donors (Lipinski definition) is 2. The molecule has 1 unspecified atom stereocenters. The molecule has 2 rings (SSSR count). The molecule has 1 saturated heterocycles. The summed E-state index contributed by atoms with van der Waals surface area (Å²) in [5.41, 5.74) is 2.10. The van der Waals surface area contributed by atoms with Gasteiger partial charge in [0.25, 0.3) is 0 Å². The Labute approximate surface area is 103 Å². The Morgan fingerprint density at radius 3 is 2.82 bits per heavy atom. The van der Waals surface area contributed by atoms with Gasteiger partial charge in [-0.2, -0.15) is 0 Å². The Morgan fingerprint density at radius 1 is 1.41 bits per heavy atom. The third-order valence-electron chi connectivity index (χ3n) is 3.28. The molecule has 2 N–H and O–H groups in total. The van der Waals surface area contributed by atoms with E-state index in [0.29, 0.717) is 12.3 Å². The summed E-state index contributed by atoms with van der Waals surface area (Å²) in [5.74, 6) is 0.805. The molecular formula is C14H20N2O. The molecule has 0 spiro atoms. The monoisotopic (exact) mass is 232 g/mol. The maximum absolute atomic E-state index is 11.7. The van der Waals surface area contributed by atoms with Crippen LogP contribution in [0.15, 0.2) is 24.3 Å². The van der Waals surface area contributed by atoms with E-state index in [1.807, 2.05) is 31.2 Å². The van der Waals surface area contributed by atoms with Crippen LogP contribution in [0.2, 0.25) is 0 Å². The first kappa shape index (κ1) is 12.1. The number of nitrogens with one attached hydrogen (secondary N) is 2. The van der Waals surface area contributed by atoms with Gasteiger partial charge >= 0.3 is 0 Å². The summed E-state index contributed by atoms with van der Waals surface area (Å²) in [6.07, 6.45) is 2.82. The molecule has 1 atom stereocenters. The van der Waals surface area contributed by atoms with Crippen LogP contribution in [-0.4, -0.2) is 19.0 Å². The fourth-order valence-electron chi connectivity index (χ4n) is 2.16. The second-order valence-electron chi connectivity index (χ2n) is 4.81. The highest BCUT2D eigenvalue weighted by Gasteiger charge is 2.15. The van der Waals surface area contributed by atoms with Crippen LogP contribution in [0.3, 0.4) is 0 Å². The Hall–Kier alpha value is -1.35. The topological polar surface area (TPSA) is 41.1 Å². The van der Waals surface area contributed by atoms with Gasteiger partial charge in [-0.05, 0) is 50.9 Å². The lowest BCUT2D eigenvalue weighted by atomic mass is 10.0. The average molecular weight is 232 g/mol. The van der Waals surface area contributed by atoms with Crippen molar-refractivity contribution >= 4 is 11.6 Å². The molecule has 0 radical (unpaired) electrons. The van der Waals surface area contributed by atoms with Crippen molar-refractivity contribution in [1.82, 2.24) is 5.32 Å². The summed E-state index contributed by atoms with van der Waals surface area (Å²) in [5, 5.41) is 6.25. The van der Waals surface area contributed by atoms with Gasteiger partial charge in [-0.15, -0.1) is 0 Å². The molecule has 1 aliphatic rings. The minimum absolute atomic E-state index is 0.126. The minimum Gasteiger partial charge on any atom is -0.326 e. The molecule has 1 fully saturated rings. The van der Waals surface area contributed by atoms with Crippen molar-refractivity contribution < 1.29 is 4.79 Å². The quantitative estimate of drug-likeness (QED) is 0.836. The maximum atomic E-state index is 11.7. The largest absolute Gasteiger partial charge is 0.326 e. The lowest BCUT2D eigenvalue weighted by Crippen LogP contribution is -2.14. The second-order valence-corrected chi connectivity index (χ2v) is 4.81. The van der Waals surface area contributed by atoms with Gasteiger partial charge in [0.15, 0.2) is 0 Å². The van der Waals surface area contributed by atoms with Crippen molar-refractivity contribution in [3.05, 3.63) is 29.8 Å². The molecule has 3 heteroatoms. The van der Waals surface area contributed by atoms with Crippen molar-refractivity contribution in [2.75, 3.05) is 18.4 Å². The number of aryl methyl sites for hydroxylation is 1. The highest BCUT2D eigenvalue weighted by molar-refractivity contribution is 5.90. The second kappa shape index (κ2) is 5.82. The zero-order valence-corrected chi connectivity index (χ0v) is 10.3. The minimum atomic E-state index is 0.126. The van der Waals surface area contributed by atoms with Crippen LogP contribution in [-0.2, 0) is 4.79 Å². The van der Waals surface area contributed by atoms with Crippen molar-refractivity contribution in [2.45, 2.75) is 26.2 Å². The molecule has 1 aromatic carbocycles. The van der Waals surface area contributed by atoms with Gasteiger partial charge in [0.05, 0.1) is 0 Å². The molecule has 1 amide bonds. The van der Waals surface area contributed by atoms with Crippen LogP contribution in [0.4, 0.5) is 5.69 Å². The van der Waals surface area contributed by atoms with Crippen LogP contribution in [0.1, 0.15) is 24.8 Å². The van der Waals surface area contributed by atoms with E-state index in [0.717, 1.165) is 25.2 Å². The van der Waals surface area contributed by atoms with Gasteiger partial charge in [0, 0.05) is 12.1 Å². The van der Waals surface area contributed by atoms with E-state index < -0.39 is 0 Å². The number of rotatable bonds is 4. The van der Waals surface area contributed by atoms with Crippen molar-refractivity contribution in [1.29, 1.82) is 0 Å². The molecule has 0 aromatic heterocycles. The number of benzene rings is 1. The maximum Gasteiger partial charge on any atom is 0.224 e. The first-order valence-corrected chi connectivity index (χ1v) is 6.31. The predicted molar refractivity (Wildman–Crippen MR) is 70.0 cm³/mol. The van der Waals surface area contributed by atoms with E-state index in [1.165, 1.54) is 12.0 Å². The summed E-state index contributed by atoms with van der Waals surface area (Å²) >= 11 is 0. The van der Waals surface area contributed by atoms with Gasteiger partial charge < -0.3 is 10.6 Å². The van der Waals surface area contributed by atoms with Crippen LogP contribution >= 0.6 is 0 Å².